The molecule has 0 fully saturated rings. The lowest BCUT2D eigenvalue weighted by molar-refractivity contribution is -0.151. The van der Waals surface area contributed by atoms with E-state index in [9.17, 15) is 4.79 Å². The first-order chi connectivity index (χ1) is 8.19. The molecule has 0 spiro atoms. The van der Waals surface area contributed by atoms with Crippen LogP contribution in [0.15, 0.2) is 21.5 Å². The van der Waals surface area contributed by atoms with Crippen LogP contribution in [-0.2, 0) is 9.53 Å². The van der Waals surface area contributed by atoms with E-state index in [2.05, 4.69) is 28.1 Å². The SMILES string of the molecule is Cc1cc(SCC(=O)OC(C)(C)C)c(C)cc1Br. The molecule has 0 saturated carbocycles. The summed E-state index contributed by atoms with van der Waals surface area (Å²) in [6.45, 7) is 9.72. The predicted octanol–water partition coefficient (Wildman–Crippen LogP) is 4.50. The Balaban J connectivity index is 2.64. The van der Waals surface area contributed by atoms with Crippen molar-refractivity contribution < 1.29 is 9.53 Å². The zero-order chi connectivity index (χ0) is 13.9. The van der Waals surface area contributed by atoms with Gasteiger partial charge in [-0.25, -0.2) is 0 Å². The largest absolute Gasteiger partial charge is 0.459 e. The number of rotatable bonds is 3. The van der Waals surface area contributed by atoms with Crippen LogP contribution in [0, 0.1) is 13.8 Å². The molecular weight excluding hydrogens is 312 g/mol. The zero-order valence-electron chi connectivity index (χ0n) is 11.5. The Labute approximate surface area is 122 Å². The summed E-state index contributed by atoms with van der Waals surface area (Å²) >= 11 is 5.02. The molecule has 0 aromatic heterocycles. The van der Waals surface area contributed by atoms with E-state index in [0.717, 1.165) is 9.37 Å². The van der Waals surface area contributed by atoms with Gasteiger partial charge in [0.25, 0.3) is 0 Å². The van der Waals surface area contributed by atoms with Crippen molar-refractivity contribution in [2.75, 3.05) is 5.75 Å². The van der Waals surface area contributed by atoms with Crippen molar-refractivity contribution in [1.82, 2.24) is 0 Å². The fraction of sp³-hybridized carbons (Fsp3) is 0.500. The summed E-state index contributed by atoms with van der Waals surface area (Å²) in [5.41, 5.74) is 1.93. The van der Waals surface area contributed by atoms with Gasteiger partial charge in [-0.2, -0.15) is 0 Å². The van der Waals surface area contributed by atoms with Crippen molar-refractivity contribution in [3.8, 4) is 0 Å². The average molecular weight is 331 g/mol. The Hall–Kier alpha value is -0.480. The van der Waals surface area contributed by atoms with Crippen LogP contribution < -0.4 is 0 Å². The molecule has 0 aliphatic rings. The second kappa shape index (κ2) is 6.11. The molecule has 0 heterocycles. The molecule has 0 N–H and O–H groups in total. The third-order valence-electron chi connectivity index (χ3n) is 2.22. The van der Waals surface area contributed by atoms with Gasteiger partial charge in [-0.3, -0.25) is 4.79 Å². The molecule has 1 aromatic carbocycles. The van der Waals surface area contributed by atoms with Crippen LogP contribution in [-0.4, -0.2) is 17.3 Å². The van der Waals surface area contributed by atoms with Crippen molar-refractivity contribution in [2.45, 2.75) is 45.1 Å². The van der Waals surface area contributed by atoms with Crippen LogP contribution in [0.2, 0.25) is 0 Å². The maximum Gasteiger partial charge on any atom is 0.316 e. The summed E-state index contributed by atoms with van der Waals surface area (Å²) in [4.78, 5) is 12.8. The second-order valence-corrected chi connectivity index (χ2v) is 7.11. The number of esters is 1. The monoisotopic (exact) mass is 330 g/mol. The Kier molecular flexibility index (Phi) is 5.29. The van der Waals surface area contributed by atoms with Gasteiger partial charge < -0.3 is 4.74 Å². The standard InChI is InChI=1S/C14H19BrO2S/c1-9-7-12(10(2)6-11(9)15)18-8-13(16)17-14(3,4)5/h6-7H,8H2,1-5H3. The van der Waals surface area contributed by atoms with Gasteiger partial charge in [-0.1, -0.05) is 15.9 Å². The lowest BCUT2D eigenvalue weighted by atomic mass is 10.2. The number of carbonyl (C=O) groups is 1. The Morgan fingerprint density at radius 2 is 1.89 bits per heavy atom. The molecule has 1 aromatic rings. The summed E-state index contributed by atoms with van der Waals surface area (Å²) in [7, 11) is 0. The number of hydrogen-bond donors (Lipinski definition) is 0. The minimum atomic E-state index is -0.414. The van der Waals surface area contributed by atoms with Crippen LogP contribution in [0.1, 0.15) is 31.9 Å². The number of carbonyl (C=O) groups excluding carboxylic acids is 1. The van der Waals surface area contributed by atoms with Gasteiger partial charge in [0.05, 0.1) is 5.75 Å². The first-order valence-electron chi connectivity index (χ1n) is 5.80. The number of thioether (sulfide) groups is 1. The highest BCUT2D eigenvalue weighted by atomic mass is 79.9. The lowest BCUT2D eigenvalue weighted by Gasteiger charge is -2.19. The van der Waals surface area contributed by atoms with E-state index in [4.69, 9.17) is 4.74 Å². The Morgan fingerprint density at radius 1 is 1.28 bits per heavy atom. The lowest BCUT2D eigenvalue weighted by Crippen LogP contribution is -2.24. The molecule has 0 aliphatic carbocycles. The molecule has 0 saturated heterocycles. The molecular formula is C14H19BrO2S. The molecule has 0 bridgehead atoms. The van der Waals surface area contributed by atoms with E-state index in [1.54, 1.807) is 0 Å². The van der Waals surface area contributed by atoms with E-state index in [1.165, 1.54) is 22.9 Å². The highest BCUT2D eigenvalue weighted by molar-refractivity contribution is 9.10. The molecule has 1 rings (SSSR count). The normalized spacial score (nSPS) is 11.4. The van der Waals surface area contributed by atoms with Gasteiger partial charge in [0.15, 0.2) is 0 Å². The highest BCUT2D eigenvalue weighted by Crippen LogP contribution is 2.28. The minimum absolute atomic E-state index is 0.174. The molecule has 0 aliphatic heterocycles. The first-order valence-corrected chi connectivity index (χ1v) is 7.58. The third-order valence-corrected chi connectivity index (χ3v) is 4.21. The maximum absolute atomic E-state index is 11.6. The van der Waals surface area contributed by atoms with Crippen molar-refractivity contribution in [1.29, 1.82) is 0 Å². The van der Waals surface area contributed by atoms with Crippen LogP contribution in [0.25, 0.3) is 0 Å². The summed E-state index contributed by atoms with van der Waals surface area (Å²) in [6.07, 6.45) is 0. The van der Waals surface area contributed by atoms with Crippen molar-refractivity contribution in [2.24, 2.45) is 0 Å². The van der Waals surface area contributed by atoms with E-state index in [-0.39, 0.29) is 5.97 Å². The van der Waals surface area contributed by atoms with E-state index < -0.39 is 5.60 Å². The fourth-order valence-corrected chi connectivity index (χ4v) is 2.75. The predicted molar refractivity (Wildman–Crippen MR) is 80.2 cm³/mol. The number of halogens is 1. The summed E-state index contributed by atoms with van der Waals surface area (Å²) in [5.74, 6) is 0.173. The molecule has 4 heteroatoms. The molecule has 0 unspecified atom stereocenters. The van der Waals surface area contributed by atoms with E-state index in [0.29, 0.717) is 5.75 Å². The quantitative estimate of drug-likeness (QED) is 0.603. The van der Waals surface area contributed by atoms with Crippen LogP contribution >= 0.6 is 27.7 Å². The van der Waals surface area contributed by atoms with E-state index in [1.807, 2.05) is 34.6 Å². The average Bonchev–Trinajstić information content (AvgIpc) is 2.19. The zero-order valence-corrected chi connectivity index (χ0v) is 13.9. The minimum Gasteiger partial charge on any atom is -0.459 e. The topological polar surface area (TPSA) is 26.3 Å². The van der Waals surface area contributed by atoms with Gasteiger partial charge in [0, 0.05) is 9.37 Å². The maximum atomic E-state index is 11.6. The number of hydrogen-bond acceptors (Lipinski definition) is 3. The fourth-order valence-electron chi connectivity index (χ4n) is 1.42. The molecule has 0 amide bonds. The van der Waals surface area contributed by atoms with E-state index >= 15 is 0 Å². The smallest absolute Gasteiger partial charge is 0.316 e. The summed E-state index contributed by atoms with van der Waals surface area (Å²) in [6, 6.07) is 4.17. The number of benzene rings is 1. The molecule has 18 heavy (non-hydrogen) atoms. The van der Waals surface area contributed by atoms with Crippen molar-refractivity contribution in [3.63, 3.8) is 0 Å². The van der Waals surface area contributed by atoms with Gasteiger partial charge >= 0.3 is 5.97 Å². The third kappa shape index (κ3) is 5.02. The molecule has 100 valence electrons. The molecule has 2 nitrogen and oxygen atoms in total. The Morgan fingerprint density at radius 3 is 2.44 bits per heavy atom. The summed E-state index contributed by atoms with van der Waals surface area (Å²) in [5, 5.41) is 0. The number of ether oxygens (including phenoxy) is 1. The summed E-state index contributed by atoms with van der Waals surface area (Å²) < 4.78 is 6.38. The van der Waals surface area contributed by atoms with Gasteiger partial charge in [0.1, 0.15) is 5.60 Å². The van der Waals surface area contributed by atoms with Gasteiger partial charge in [-0.05, 0) is 57.9 Å². The van der Waals surface area contributed by atoms with Gasteiger partial charge in [-0.15, -0.1) is 11.8 Å². The Bertz CT molecular complexity index is 450. The van der Waals surface area contributed by atoms with Crippen molar-refractivity contribution >= 4 is 33.7 Å². The highest BCUT2D eigenvalue weighted by Gasteiger charge is 2.16. The second-order valence-electron chi connectivity index (χ2n) is 5.24. The molecule has 0 radical (unpaired) electrons. The van der Waals surface area contributed by atoms with Crippen LogP contribution in [0.4, 0.5) is 0 Å². The first kappa shape index (κ1) is 15.6. The number of aryl methyl sites for hydroxylation is 2. The van der Waals surface area contributed by atoms with Crippen LogP contribution in [0.3, 0.4) is 0 Å². The van der Waals surface area contributed by atoms with Crippen molar-refractivity contribution in [3.05, 3.63) is 27.7 Å². The molecule has 0 atom stereocenters. The van der Waals surface area contributed by atoms with Crippen LogP contribution in [0.5, 0.6) is 0 Å². The van der Waals surface area contributed by atoms with Gasteiger partial charge in [0.2, 0.25) is 0 Å².